The van der Waals surface area contributed by atoms with Crippen LogP contribution < -0.4 is 0 Å². The van der Waals surface area contributed by atoms with E-state index in [2.05, 4.69) is 158 Å². The normalized spacial score (nSPS) is 11.8. The Hall–Kier alpha value is -3.11. The zero-order valence-corrected chi connectivity index (χ0v) is 22.6. The summed E-state index contributed by atoms with van der Waals surface area (Å²) in [6.45, 7) is 0. The maximum Gasteiger partial charge on any atom is 0.0658 e. The van der Waals surface area contributed by atoms with Gasteiger partial charge in [-0.25, -0.2) is 0 Å². The van der Waals surface area contributed by atoms with E-state index in [4.69, 9.17) is 4.98 Å². The molecule has 5 rings (SSSR count). The van der Waals surface area contributed by atoms with E-state index >= 15 is 0 Å². The second kappa shape index (κ2) is 10.9. The molecule has 1 nitrogen and oxygen atoms in total. The van der Waals surface area contributed by atoms with Crippen LogP contribution in [0.2, 0.25) is 0 Å². The summed E-state index contributed by atoms with van der Waals surface area (Å²) in [4.78, 5) is 5.54. The molecule has 3 heteroatoms. The van der Waals surface area contributed by atoms with Crippen LogP contribution in [-0.4, -0.2) is 17.3 Å². The summed E-state index contributed by atoms with van der Waals surface area (Å²) < 4.78 is 0. The monoisotopic (exact) mass is 503 g/mol. The van der Waals surface area contributed by atoms with Gasteiger partial charge in [0, 0.05) is 0 Å². The van der Waals surface area contributed by atoms with E-state index in [1.165, 1.54) is 22.3 Å². The van der Waals surface area contributed by atoms with Crippen LogP contribution in [0.1, 0.15) is 33.6 Å². The highest BCUT2D eigenvalue weighted by molar-refractivity contribution is 7.16. The fourth-order valence-corrected chi connectivity index (χ4v) is 6.77. The summed E-state index contributed by atoms with van der Waals surface area (Å²) in [6, 6.07) is 49.7. The Bertz CT molecular complexity index is 1200. The molecule has 0 N–H and O–H groups in total. The van der Waals surface area contributed by atoms with Crippen LogP contribution in [-0.2, 0) is 10.8 Å². The van der Waals surface area contributed by atoms with Gasteiger partial charge in [-0.15, -0.1) is 18.5 Å². The van der Waals surface area contributed by atoms with Crippen LogP contribution in [0.25, 0.3) is 0 Å². The standard InChI is InChI=1S/C33H31NP2/c35-24-32(26-14-5-1-6-15-26,27-16-7-2-8-17-27)30-22-13-23-31(34-30)33(25-36,28-18-9-3-10-19-28)29-20-11-4-12-21-29/h1-23H,24-25,35-36H2. The quantitative estimate of drug-likeness (QED) is 0.200. The third-order valence-corrected chi connectivity index (χ3v) is 8.53. The van der Waals surface area contributed by atoms with E-state index in [0.29, 0.717) is 0 Å². The highest BCUT2D eigenvalue weighted by Gasteiger charge is 2.40. The van der Waals surface area contributed by atoms with Gasteiger partial charge in [-0.2, -0.15) is 0 Å². The zero-order chi connectivity index (χ0) is 24.8. The number of hydrogen-bond donors (Lipinski definition) is 0. The average Bonchev–Trinajstić information content (AvgIpc) is 2.97. The molecule has 2 unspecified atom stereocenters. The number of benzene rings is 4. The Balaban J connectivity index is 1.80. The maximum atomic E-state index is 5.54. The zero-order valence-electron chi connectivity index (χ0n) is 20.3. The molecular weight excluding hydrogens is 472 g/mol. The van der Waals surface area contributed by atoms with E-state index in [1.54, 1.807) is 0 Å². The van der Waals surface area contributed by atoms with Gasteiger partial charge in [-0.3, -0.25) is 4.98 Å². The van der Waals surface area contributed by atoms with E-state index < -0.39 is 0 Å². The summed E-state index contributed by atoms with van der Waals surface area (Å²) in [6.07, 6.45) is 1.64. The molecular formula is C33H31NP2. The Morgan fingerprint density at radius 2 is 0.667 bits per heavy atom. The molecule has 5 aromatic rings. The van der Waals surface area contributed by atoms with Crippen molar-refractivity contribution in [2.75, 3.05) is 12.3 Å². The van der Waals surface area contributed by atoms with Crippen molar-refractivity contribution in [2.24, 2.45) is 0 Å². The first-order chi connectivity index (χ1) is 17.8. The average molecular weight is 504 g/mol. The fraction of sp³-hybridized carbons (Fsp3) is 0.121. The molecule has 0 bridgehead atoms. The van der Waals surface area contributed by atoms with Gasteiger partial charge >= 0.3 is 0 Å². The topological polar surface area (TPSA) is 12.9 Å². The molecule has 0 fully saturated rings. The fourth-order valence-electron chi connectivity index (χ4n) is 5.41. The number of rotatable bonds is 8. The van der Waals surface area contributed by atoms with Crippen molar-refractivity contribution in [2.45, 2.75) is 10.8 Å². The molecule has 178 valence electrons. The van der Waals surface area contributed by atoms with Gasteiger partial charge in [-0.1, -0.05) is 127 Å². The lowest BCUT2D eigenvalue weighted by Crippen LogP contribution is -2.36. The summed E-state index contributed by atoms with van der Waals surface area (Å²) >= 11 is 0. The van der Waals surface area contributed by atoms with E-state index in [0.717, 1.165) is 23.7 Å². The Labute approximate surface area is 219 Å². The number of pyridine rings is 1. The van der Waals surface area contributed by atoms with Gasteiger partial charge in [0.2, 0.25) is 0 Å². The Morgan fingerprint density at radius 1 is 0.389 bits per heavy atom. The summed E-state index contributed by atoms with van der Waals surface area (Å²) in [5.74, 6) is 0. The molecule has 0 aliphatic carbocycles. The first-order valence-corrected chi connectivity index (χ1v) is 14.0. The lowest BCUT2D eigenvalue weighted by Gasteiger charge is -2.37. The van der Waals surface area contributed by atoms with Crippen molar-refractivity contribution in [3.05, 3.63) is 173 Å². The van der Waals surface area contributed by atoms with Gasteiger partial charge in [0.1, 0.15) is 0 Å². The van der Waals surface area contributed by atoms with Gasteiger partial charge in [-0.05, 0) is 46.7 Å². The first kappa shape index (κ1) is 24.6. The summed E-state index contributed by atoms with van der Waals surface area (Å²) in [5.41, 5.74) is 6.31. The van der Waals surface area contributed by atoms with Crippen molar-refractivity contribution in [3.8, 4) is 0 Å². The molecule has 1 aromatic heterocycles. The Kier molecular flexibility index (Phi) is 7.43. The predicted octanol–water partition coefficient (Wildman–Crippen LogP) is 7.50. The number of aromatic nitrogens is 1. The predicted molar refractivity (Wildman–Crippen MR) is 159 cm³/mol. The number of nitrogens with zero attached hydrogens (tertiary/aromatic N) is 1. The van der Waals surface area contributed by atoms with Crippen molar-refractivity contribution < 1.29 is 0 Å². The van der Waals surface area contributed by atoms with Crippen molar-refractivity contribution in [1.29, 1.82) is 0 Å². The van der Waals surface area contributed by atoms with Crippen LogP contribution >= 0.6 is 18.5 Å². The van der Waals surface area contributed by atoms with Crippen LogP contribution in [0.4, 0.5) is 0 Å². The van der Waals surface area contributed by atoms with Crippen LogP contribution in [0, 0.1) is 0 Å². The minimum atomic E-state index is -0.386. The lowest BCUT2D eigenvalue weighted by atomic mass is 9.71. The Morgan fingerprint density at radius 3 is 0.917 bits per heavy atom. The molecule has 0 radical (unpaired) electrons. The van der Waals surface area contributed by atoms with E-state index in [-0.39, 0.29) is 10.8 Å². The third-order valence-electron chi connectivity index (χ3n) is 7.30. The van der Waals surface area contributed by atoms with Crippen LogP contribution in [0.15, 0.2) is 140 Å². The highest BCUT2D eigenvalue weighted by atomic mass is 31.0. The molecule has 0 saturated heterocycles. The minimum Gasteiger partial charge on any atom is -0.255 e. The number of hydrogen-bond acceptors (Lipinski definition) is 1. The van der Waals surface area contributed by atoms with Gasteiger partial charge < -0.3 is 0 Å². The second-order valence-electron chi connectivity index (χ2n) is 9.09. The molecule has 1 heterocycles. The largest absolute Gasteiger partial charge is 0.255 e. The first-order valence-electron chi connectivity index (χ1n) is 12.4. The second-order valence-corrected chi connectivity index (χ2v) is 9.91. The van der Waals surface area contributed by atoms with Crippen LogP contribution in [0.3, 0.4) is 0 Å². The summed E-state index contributed by atoms with van der Waals surface area (Å²) in [7, 11) is 6.01. The van der Waals surface area contributed by atoms with Crippen LogP contribution in [0.5, 0.6) is 0 Å². The van der Waals surface area contributed by atoms with E-state index in [9.17, 15) is 0 Å². The molecule has 0 saturated carbocycles. The van der Waals surface area contributed by atoms with Gasteiger partial charge in [0.15, 0.2) is 0 Å². The smallest absolute Gasteiger partial charge is 0.0658 e. The van der Waals surface area contributed by atoms with Crippen molar-refractivity contribution in [3.63, 3.8) is 0 Å². The molecule has 0 amide bonds. The highest BCUT2D eigenvalue weighted by Crippen LogP contribution is 2.43. The molecule has 0 aliphatic heterocycles. The molecule has 2 atom stereocenters. The SMILES string of the molecule is PCC(c1ccccc1)(c1ccccc1)c1cccc(C(CP)(c2ccccc2)c2ccccc2)n1. The molecule has 36 heavy (non-hydrogen) atoms. The van der Waals surface area contributed by atoms with Crippen molar-refractivity contribution in [1.82, 2.24) is 4.98 Å². The van der Waals surface area contributed by atoms with Gasteiger partial charge in [0.25, 0.3) is 0 Å². The maximum absolute atomic E-state index is 5.54. The minimum absolute atomic E-state index is 0.386. The van der Waals surface area contributed by atoms with Gasteiger partial charge in [0.05, 0.1) is 22.2 Å². The summed E-state index contributed by atoms with van der Waals surface area (Å²) in [5, 5.41) is 0. The lowest BCUT2D eigenvalue weighted by molar-refractivity contribution is 0.632. The van der Waals surface area contributed by atoms with Crippen molar-refractivity contribution >= 4 is 18.5 Å². The van der Waals surface area contributed by atoms with E-state index in [1.807, 2.05) is 0 Å². The molecule has 0 spiro atoms. The molecule has 0 aliphatic rings. The third kappa shape index (κ3) is 4.22. The molecule has 4 aromatic carbocycles.